The van der Waals surface area contributed by atoms with Crippen LogP contribution in [0.15, 0.2) is 54.6 Å². The van der Waals surface area contributed by atoms with E-state index in [4.69, 9.17) is 9.47 Å². The maximum atomic E-state index is 12.1. The van der Waals surface area contributed by atoms with Gasteiger partial charge in [-0.3, -0.25) is 4.90 Å². The molecule has 0 N–H and O–H groups in total. The number of methoxy groups -OCH3 is 1. The average molecular weight is 325 g/mol. The summed E-state index contributed by atoms with van der Waals surface area (Å²) < 4.78 is 10.4. The number of carbonyl (C=O) groups excluding carboxylic acids is 1. The zero-order valence-corrected chi connectivity index (χ0v) is 14.0. The first-order valence-electron chi connectivity index (χ1n) is 8.28. The third-order valence-electron chi connectivity index (χ3n) is 4.40. The van der Waals surface area contributed by atoms with Gasteiger partial charge in [-0.15, -0.1) is 0 Å². The molecule has 2 aromatic rings. The van der Waals surface area contributed by atoms with Gasteiger partial charge in [0.15, 0.2) is 0 Å². The summed E-state index contributed by atoms with van der Waals surface area (Å²) in [5.74, 6) is 0.275. The van der Waals surface area contributed by atoms with E-state index < -0.39 is 0 Å². The second kappa shape index (κ2) is 8.08. The molecule has 0 bridgehead atoms. The van der Waals surface area contributed by atoms with E-state index in [1.807, 2.05) is 54.6 Å². The molecule has 1 heterocycles. The number of hydrogen-bond donors (Lipinski definition) is 0. The summed E-state index contributed by atoms with van der Waals surface area (Å²) >= 11 is 0. The van der Waals surface area contributed by atoms with Crippen molar-refractivity contribution in [3.8, 4) is 0 Å². The fraction of sp³-hybridized carbons (Fsp3) is 0.350. The van der Waals surface area contributed by atoms with Crippen molar-refractivity contribution in [1.29, 1.82) is 0 Å². The van der Waals surface area contributed by atoms with Gasteiger partial charge in [-0.05, 0) is 23.3 Å². The third kappa shape index (κ3) is 4.22. The quantitative estimate of drug-likeness (QED) is 0.733. The fourth-order valence-electron chi connectivity index (χ4n) is 2.88. The van der Waals surface area contributed by atoms with Crippen LogP contribution in [0.2, 0.25) is 0 Å². The lowest BCUT2D eigenvalue weighted by Gasteiger charge is -2.39. The topological polar surface area (TPSA) is 38.8 Å². The summed E-state index contributed by atoms with van der Waals surface area (Å²) in [6, 6.07) is 17.5. The van der Waals surface area contributed by atoms with E-state index in [1.54, 1.807) is 7.11 Å². The van der Waals surface area contributed by atoms with E-state index in [-0.39, 0.29) is 5.97 Å². The van der Waals surface area contributed by atoms with Crippen molar-refractivity contribution in [2.75, 3.05) is 33.4 Å². The highest BCUT2D eigenvalue weighted by Gasteiger charge is 2.27. The monoisotopic (exact) mass is 325 g/mol. The molecule has 4 nitrogen and oxygen atoms in total. The Morgan fingerprint density at radius 2 is 1.79 bits per heavy atom. The standard InChI is InChI=1S/C20H23NO3/c1-23-12-11-21-13-19(14-21)17-7-9-18(10-8-17)20(22)24-15-16-5-3-2-4-6-16/h2-10,19H,11-15H2,1H3. The lowest BCUT2D eigenvalue weighted by atomic mass is 9.91. The summed E-state index contributed by atoms with van der Waals surface area (Å²) in [6.07, 6.45) is 0. The minimum atomic E-state index is -0.277. The van der Waals surface area contributed by atoms with Gasteiger partial charge in [0.05, 0.1) is 12.2 Å². The molecule has 0 aromatic heterocycles. The Morgan fingerprint density at radius 3 is 2.46 bits per heavy atom. The number of esters is 1. The van der Waals surface area contributed by atoms with Crippen LogP contribution >= 0.6 is 0 Å². The van der Waals surface area contributed by atoms with Gasteiger partial charge >= 0.3 is 5.97 Å². The number of hydrogen-bond acceptors (Lipinski definition) is 4. The van der Waals surface area contributed by atoms with Crippen LogP contribution in [0, 0.1) is 0 Å². The highest BCUT2D eigenvalue weighted by atomic mass is 16.5. The van der Waals surface area contributed by atoms with E-state index in [2.05, 4.69) is 4.90 Å². The number of nitrogens with zero attached hydrogens (tertiary/aromatic N) is 1. The van der Waals surface area contributed by atoms with Gasteiger partial charge in [0.2, 0.25) is 0 Å². The van der Waals surface area contributed by atoms with Gasteiger partial charge in [-0.2, -0.15) is 0 Å². The van der Waals surface area contributed by atoms with Crippen LogP contribution in [-0.4, -0.2) is 44.2 Å². The summed E-state index contributed by atoms with van der Waals surface area (Å²) in [6.45, 7) is 4.18. The van der Waals surface area contributed by atoms with E-state index >= 15 is 0 Å². The molecule has 2 aromatic carbocycles. The SMILES string of the molecule is COCCN1CC(c2ccc(C(=O)OCc3ccccc3)cc2)C1. The van der Waals surface area contributed by atoms with Crippen molar-refractivity contribution in [1.82, 2.24) is 4.90 Å². The molecule has 1 fully saturated rings. The lowest BCUT2D eigenvalue weighted by molar-refractivity contribution is 0.0472. The summed E-state index contributed by atoms with van der Waals surface area (Å²) in [4.78, 5) is 14.5. The largest absolute Gasteiger partial charge is 0.457 e. The Balaban J connectivity index is 1.48. The first kappa shape index (κ1) is 16.7. The molecule has 0 saturated carbocycles. The first-order chi connectivity index (χ1) is 11.8. The molecular weight excluding hydrogens is 302 g/mol. The predicted octanol–water partition coefficient (Wildman–Crippen LogP) is 3.09. The Hall–Kier alpha value is -2.17. The Bertz CT molecular complexity index is 648. The maximum Gasteiger partial charge on any atom is 0.338 e. The van der Waals surface area contributed by atoms with Gasteiger partial charge in [-0.1, -0.05) is 42.5 Å². The van der Waals surface area contributed by atoms with Crippen LogP contribution < -0.4 is 0 Å². The van der Waals surface area contributed by atoms with E-state index in [0.717, 1.165) is 31.8 Å². The minimum Gasteiger partial charge on any atom is -0.457 e. The molecular formula is C20H23NO3. The van der Waals surface area contributed by atoms with Crippen LogP contribution in [-0.2, 0) is 16.1 Å². The van der Waals surface area contributed by atoms with Crippen molar-refractivity contribution in [2.24, 2.45) is 0 Å². The van der Waals surface area contributed by atoms with Crippen molar-refractivity contribution >= 4 is 5.97 Å². The lowest BCUT2D eigenvalue weighted by Crippen LogP contribution is -2.46. The molecule has 126 valence electrons. The number of carbonyl (C=O) groups is 1. The Morgan fingerprint density at radius 1 is 1.08 bits per heavy atom. The van der Waals surface area contributed by atoms with Crippen molar-refractivity contribution in [2.45, 2.75) is 12.5 Å². The molecule has 24 heavy (non-hydrogen) atoms. The zero-order valence-electron chi connectivity index (χ0n) is 14.0. The summed E-state index contributed by atoms with van der Waals surface area (Å²) in [5, 5.41) is 0. The number of ether oxygens (including phenoxy) is 2. The maximum absolute atomic E-state index is 12.1. The zero-order chi connectivity index (χ0) is 16.8. The molecule has 0 radical (unpaired) electrons. The van der Waals surface area contributed by atoms with Gasteiger partial charge in [0.1, 0.15) is 6.61 Å². The molecule has 0 amide bonds. The Kier molecular flexibility index (Phi) is 5.62. The third-order valence-corrected chi connectivity index (χ3v) is 4.40. The van der Waals surface area contributed by atoms with Crippen molar-refractivity contribution in [3.63, 3.8) is 0 Å². The number of benzene rings is 2. The first-order valence-corrected chi connectivity index (χ1v) is 8.28. The van der Waals surface area contributed by atoms with Crippen molar-refractivity contribution in [3.05, 3.63) is 71.3 Å². The highest BCUT2D eigenvalue weighted by molar-refractivity contribution is 5.89. The van der Waals surface area contributed by atoms with Crippen molar-refractivity contribution < 1.29 is 14.3 Å². The predicted molar refractivity (Wildman–Crippen MR) is 93.1 cm³/mol. The molecule has 3 rings (SSSR count). The van der Waals surface area contributed by atoms with Gasteiger partial charge in [-0.25, -0.2) is 4.79 Å². The van der Waals surface area contributed by atoms with Crippen LogP contribution in [0.25, 0.3) is 0 Å². The van der Waals surface area contributed by atoms with E-state index in [9.17, 15) is 4.79 Å². The molecule has 1 aliphatic rings. The Labute approximate surface area is 143 Å². The van der Waals surface area contributed by atoms with Crippen LogP contribution in [0.5, 0.6) is 0 Å². The van der Waals surface area contributed by atoms with Gasteiger partial charge < -0.3 is 9.47 Å². The van der Waals surface area contributed by atoms with E-state index in [1.165, 1.54) is 5.56 Å². The second-order valence-electron chi connectivity index (χ2n) is 6.13. The number of likely N-dealkylation sites (tertiary alicyclic amines) is 1. The number of rotatable bonds is 7. The van der Waals surface area contributed by atoms with E-state index in [0.29, 0.717) is 18.1 Å². The highest BCUT2D eigenvalue weighted by Crippen LogP contribution is 2.26. The fourth-order valence-corrected chi connectivity index (χ4v) is 2.88. The minimum absolute atomic E-state index is 0.277. The average Bonchev–Trinajstić information content (AvgIpc) is 2.60. The summed E-state index contributed by atoms with van der Waals surface area (Å²) in [7, 11) is 1.73. The molecule has 1 saturated heterocycles. The van der Waals surface area contributed by atoms with Gasteiger partial charge in [0, 0.05) is 32.7 Å². The van der Waals surface area contributed by atoms with Crippen LogP contribution in [0.3, 0.4) is 0 Å². The smallest absolute Gasteiger partial charge is 0.338 e. The molecule has 4 heteroatoms. The van der Waals surface area contributed by atoms with Gasteiger partial charge in [0.25, 0.3) is 0 Å². The molecule has 0 unspecified atom stereocenters. The van der Waals surface area contributed by atoms with Crippen LogP contribution in [0.4, 0.5) is 0 Å². The molecule has 0 aliphatic carbocycles. The summed E-state index contributed by atoms with van der Waals surface area (Å²) in [5.41, 5.74) is 2.88. The molecule has 0 spiro atoms. The second-order valence-corrected chi connectivity index (χ2v) is 6.13. The van der Waals surface area contributed by atoms with Crippen LogP contribution in [0.1, 0.15) is 27.4 Å². The molecule has 0 atom stereocenters. The molecule has 1 aliphatic heterocycles. The normalized spacial score (nSPS) is 15.0.